The van der Waals surface area contributed by atoms with Crippen LogP contribution in [0.25, 0.3) is 6.08 Å². The van der Waals surface area contributed by atoms with E-state index in [9.17, 15) is 9.59 Å². The van der Waals surface area contributed by atoms with Crippen molar-refractivity contribution in [1.82, 2.24) is 0 Å². The van der Waals surface area contributed by atoms with Gasteiger partial charge in [-0.3, -0.25) is 9.59 Å². The van der Waals surface area contributed by atoms with Gasteiger partial charge in [0, 0.05) is 18.4 Å². The van der Waals surface area contributed by atoms with E-state index in [-0.39, 0.29) is 23.3 Å². The molecule has 3 fully saturated rings. The number of allylic oxidation sites excluding steroid dienone is 2. The van der Waals surface area contributed by atoms with Crippen molar-refractivity contribution in [1.29, 1.82) is 0 Å². The summed E-state index contributed by atoms with van der Waals surface area (Å²) in [6.45, 7) is 16.1. The Labute approximate surface area is 384 Å². The summed E-state index contributed by atoms with van der Waals surface area (Å²) in [5, 5.41) is 0. The molecule has 5 heteroatoms. The molecule has 2 aromatic rings. The molecule has 4 aliphatic carbocycles. The predicted octanol–water partition coefficient (Wildman–Crippen LogP) is 16.0. The molecule has 0 aromatic heterocycles. The molecule has 0 amide bonds. The topological polar surface area (TPSA) is 61.8 Å². The average Bonchev–Trinajstić information content (AvgIpc) is 3.64. The highest BCUT2D eigenvalue weighted by Crippen LogP contribution is 2.67. The van der Waals surface area contributed by atoms with Crippen LogP contribution in [0.2, 0.25) is 0 Å². The minimum atomic E-state index is -0.0737. The summed E-state index contributed by atoms with van der Waals surface area (Å²) in [6.07, 6.45) is 33.8. The van der Waals surface area contributed by atoms with Gasteiger partial charge in [0.2, 0.25) is 0 Å². The van der Waals surface area contributed by atoms with Gasteiger partial charge in [0.15, 0.2) is 5.78 Å². The Morgan fingerprint density at radius 3 is 2.05 bits per heavy atom. The highest BCUT2D eigenvalue weighted by atomic mass is 16.5. The number of esters is 1. The van der Waals surface area contributed by atoms with E-state index in [2.05, 4.69) is 47.6 Å². The molecule has 0 saturated heterocycles. The number of rotatable bonds is 26. The van der Waals surface area contributed by atoms with Gasteiger partial charge in [-0.1, -0.05) is 142 Å². The normalized spacial score (nSPS) is 27.0. The summed E-state index contributed by atoms with van der Waals surface area (Å²) >= 11 is 0. The Morgan fingerprint density at radius 2 is 1.37 bits per heavy atom. The van der Waals surface area contributed by atoms with Crippen molar-refractivity contribution in [3.05, 3.63) is 77.4 Å². The second-order valence-electron chi connectivity index (χ2n) is 21.4. The Morgan fingerprint density at radius 1 is 0.714 bits per heavy atom. The van der Waals surface area contributed by atoms with E-state index in [0.717, 1.165) is 97.7 Å². The molecule has 0 radical (unpaired) electrons. The highest BCUT2D eigenvalue weighted by Gasteiger charge is 2.59. The monoisotopic (exact) mass is 863 g/mol. The van der Waals surface area contributed by atoms with Crippen LogP contribution >= 0.6 is 0 Å². The van der Waals surface area contributed by atoms with Gasteiger partial charge in [0.05, 0.1) is 13.2 Å². The van der Waals surface area contributed by atoms with Crippen LogP contribution in [0.5, 0.6) is 11.5 Å². The maximum atomic E-state index is 13.0. The van der Waals surface area contributed by atoms with Crippen LogP contribution in [0.3, 0.4) is 0 Å². The first kappa shape index (κ1) is 49.1. The Kier molecular flexibility index (Phi) is 18.9. The van der Waals surface area contributed by atoms with Crippen molar-refractivity contribution >= 4 is 17.8 Å². The van der Waals surface area contributed by atoms with E-state index < -0.39 is 0 Å². The van der Waals surface area contributed by atoms with E-state index in [1.165, 1.54) is 103 Å². The maximum Gasteiger partial charge on any atom is 0.306 e. The predicted molar refractivity (Wildman–Crippen MR) is 261 cm³/mol. The van der Waals surface area contributed by atoms with Crippen LogP contribution in [0.15, 0.2) is 66.3 Å². The van der Waals surface area contributed by atoms with Crippen LogP contribution in [0, 0.1) is 46.3 Å². The lowest BCUT2D eigenvalue weighted by Gasteiger charge is -2.58. The maximum absolute atomic E-state index is 13.0. The van der Waals surface area contributed by atoms with Crippen LogP contribution in [0.1, 0.15) is 205 Å². The summed E-state index contributed by atoms with van der Waals surface area (Å²) in [5.41, 5.74) is 3.95. The van der Waals surface area contributed by atoms with Gasteiger partial charge in [-0.25, -0.2) is 0 Å². The standard InChI is InChI=1S/C58H86O5/c1-7-8-9-10-11-12-13-14-16-40-61-48-28-22-45(23-29-48)24-35-55(59)46-25-30-49(31-26-46)62-41-17-15-21-56(60)63-50-36-38-57(5)47(42-50)27-32-51-53-34-33-52(44(4)20-18-19-43(2)3)58(53,6)39-37-54(51)57/h22-31,35,43-44,50-54H,7-21,32-34,36-42H2,1-6H3/b35-24+/t44-,50+,51+,52-,53+,54+,57+,58-/m1/s1. The number of benzene rings is 2. The zero-order chi connectivity index (χ0) is 44.7. The number of ether oxygens (including phenoxy) is 3. The molecule has 0 N–H and O–H groups in total. The average molecular weight is 863 g/mol. The molecular formula is C58H86O5. The van der Waals surface area contributed by atoms with Crippen LogP contribution in [-0.2, 0) is 9.53 Å². The van der Waals surface area contributed by atoms with E-state index in [1.54, 1.807) is 11.6 Å². The molecule has 5 nitrogen and oxygen atoms in total. The molecule has 63 heavy (non-hydrogen) atoms. The lowest BCUT2D eigenvalue weighted by molar-refractivity contribution is -0.151. The van der Waals surface area contributed by atoms with Crippen molar-refractivity contribution in [3.8, 4) is 11.5 Å². The molecule has 6 rings (SSSR count). The molecule has 2 aromatic carbocycles. The Balaban J connectivity index is 0.841. The number of carbonyl (C=O) groups is 2. The molecule has 0 bridgehead atoms. The molecule has 0 spiro atoms. The first-order chi connectivity index (χ1) is 30.5. The van der Waals surface area contributed by atoms with Crippen molar-refractivity contribution in [3.63, 3.8) is 0 Å². The van der Waals surface area contributed by atoms with Gasteiger partial charge in [-0.2, -0.15) is 0 Å². The summed E-state index contributed by atoms with van der Waals surface area (Å²) in [6, 6.07) is 15.3. The SMILES string of the molecule is CCCCCCCCCCCOc1ccc(/C=C/C(=O)c2ccc(OCCCCC(=O)O[C@H]3CC[C@@]4(C)C(=CC[C@H]5[C@@H]6CC[C@H]([C@H](C)CCCC(C)C)[C@@]6(C)CC[C@@H]54)C3)cc2)cc1. The van der Waals surface area contributed by atoms with Gasteiger partial charge >= 0.3 is 5.97 Å². The lowest BCUT2D eigenvalue weighted by atomic mass is 9.47. The van der Waals surface area contributed by atoms with Gasteiger partial charge in [0.1, 0.15) is 17.6 Å². The second kappa shape index (κ2) is 24.3. The Hall–Kier alpha value is -3.34. The molecule has 0 aliphatic heterocycles. The lowest BCUT2D eigenvalue weighted by Crippen LogP contribution is -2.51. The molecule has 4 aliphatic rings. The minimum Gasteiger partial charge on any atom is -0.494 e. The third-order valence-electron chi connectivity index (χ3n) is 16.6. The first-order valence-electron chi connectivity index (χ1n) is 26.1. The first-order valence-corrected chi connectivity index (χ1v) is 26.1. The largest absolute Gasteiger partial charge is 0.494 e. The molecule has 348 valence electrons. The fourth-order valence-electron chi connectivity index (χ4n) is 12.8. The molecule has 0 heterocycles. The number of ketones is 1. The van der Waals surface area contributed by atoms with Crippen LogP contribution < -0.4 is 9.47 Å². The zero-order valence-corrected chi connectivity index (χ0v) is 40.6. The molecule has 3 saturated carbocycles. The third-order valence-corrected chi connectivity index (χ3v) is 16.6. The van der Waals surface area contributed by atoms with Gasteiger partial charge < -0.3 is 14.2 Å². The minimum absolute atomic E-state index is 0.0105. The number of hydrogen-bond acceptors (Lipinski definition) is 5. The Bertz CT molecular complexity index is 1760. The number of carbonyl (C=O) groups excluding carboxylic acids is 2. The molecule has 0 unspecified atom stereocenters. The van der Waals surface area contributed by atoms with Crippen molar-refractivity contribution < 1.29 is 23.8 Å². The number of unbranched alkanes of at least 4 members (excludes halogenated alkanes) is 9. The zero-order valence-electron chi connectivity index (χ0n) is 40.6. The van der Waals surface area contributed by atoms with E-state index in [4.69, 9.17) is 14.2 Å². The summed E-state index contributed by atoms with van der Waals surface area (Å²) in [7, 11) is 0. The van der Waals surface area contributed by atoms with E-state index in [1.807, 2.05) is 54.6 Å². The second-order valence-corrected chi connectivity index (χ2v) is 21.4. The van der Waals surface area contributed by atoms with Crippen molar-refractivity contribution in [2.24, 2.45) is 46.3 Å². The smallest absolute Gasteiger partial charge is 0.306 e. The van der Waals surface area contributed by atoms with Crippen molar-refractivity contribution in [2.45, 2.75) is 195 Å². The third kappa shape index (κ3) is 13.6. The quantitative estimate of drug-likeness (QED) is 0.0310. The van der Waals surface area contributed by atoms with E-state index in [0.29, 0.717) is 24.0 Å². The summed E-state index contributed by atoms with van der Waals surface area (Å²) in [5.74, 6) is 6.50. The highest BCUT2D eigenvalue weighted by molar-refractivity contribution is 6.06. The van der Waals surface area contributed by atoms with Crippen LogP contribution in [0.4, 0.5) is 0 Å². The molecule has 8 atom stereocenters. The van der Waals surface area contributed by atoms with Gasteiger partial charge in [0.25, 0.3) is 0 Å². The van der Waals surface area contributed by atoms with Gasteiger partial charge in [-0.05, 0) is 159 Å². The summed E-state index contributed by atoms with van der Waals surface area (Å²) < 4.78 is 18.0. The fraction of sp³-hybridized carbons (Fsp3) is 0.690. The van der Waals surface area contributed by atoms with E-state index >= 15 is 0 Å². The number of fused-ring (bicyclic) bond motifs is 5. The number of hydrogen-bond donors (Lipinski definition) is 0. The molecular weight excluding hydrogens is 777 g/mol. The van der Waals surface area contributed by atoms with Crippen LogP contribution in [-0.4, -0.2) is 31.1 Å². The fourth-order valence-corrected chi connectivity index (χ4v) is 12.8. The van der Waals surface area contributed by atoms with Crippen molar-refractivity contribution in [2.75, 3.05) is 13.2 Å². The summed E-state index contributed by atoms with van der Waals surface area (Å²) in [4.78, 5) is 25.9. The van der Waals surface area contributed by atoms with Gasteiger partial charge in [-0.15, -0.1) is 0 Å².